The van der Waals surface area contributed by atoms with Crippen LogP contribution in [0.2, 0.25) is 0 Å². The molecule has 0 bridgehead atoms. The van der Waals surface area contributed by atoms with E-state index in [9.17, 15) is 9.59 Å². The van der Waals surface area contributed by atoms with Crippen molar-refractivity contribution in [2.24, 2.45) is 0 Å². The van der Waals surface area contributed by atoms with E-state index in [4.69, 9.17) is 0 Å². The van der Waals surface area contributed by atoms with Crippen molar-refractivity contribution < 1.29 is 9.59 Å². The summed E-state index contributed by atoms with van der Waals surface area (Å²) < 4.78 is 0. The van der Waals surface area contributed by atoms with Gasteiger partial charge in [-0.15, -0.1) is 11.8 Å². The van der Waals surface area contributed by atoms with Gasteiger partial charge in [0, 0.05) is 25.8 Å². The Bertz CT molecular complexity index is 301. The monoisotopic (exact) mass is 256 g/mol. The maximum atomic E-state index is 12.4. The van der Waals surface area contributed by atoms with Crippen LogP contribution in [0.25, 0.3) is 0 Å². The maximum absolute atomic E-state index is 12.4. The van der Waals surface area contributed by atoms with Crippen molar-refractivity contribution >= 4 is 23.6 Å². The van der Waals surface area contributed by atoms with Gasteiger partial charge in [0.2, 0.25) is 11.8 Å². The largest absolute Gasteiger partial charge is 0.341 e. The number of likely N-dealkylation sites (tertiary alicyclic amines) is 1. The fraction of sp³-hybridized carbons (Fsp3) is 0.833. The van der Waals surface area contributed by atoms with E-state index in [0.717, 1.165) is 31.7 Å². The van der Waals surface area contributed by atoms with Gasteiger partial charge < -0.3 is 9.80 Å². The van der Waals surface area contributed by atoms with E-state index >= 15 is 0 Å². The summed E-state index contributed by atoms with van der Waals surface area (Å²) >= 11 is 1.67. The Morgan fingerprint density at radius 1 is 1.12 bits per heavy atom. The minimum Gasteiger partial charge on any atom is -0.341 e. The molecule has 0 spiro atoms. The SMILES string of the molecule is CC(=O)N1CSCC1C(=O)N1CCCCCC1. The zero-order chi connectivity index (χ0) is 12.3. The molecule has 2 amide bonds. The number of carbonyl (C=O) groups excluding carboxylic acids is 2. The summed E-state index contributed by atoms with van der Waals surface area (Å²) in [6.45, 7) is 3.28. The van der Waals surface area contributed by atoms with Gasteiger partial charge in [-0.3, -0.25) is 9.59 Å². The standard InChI is InChI=1S/C12H20N2O2S/c1-10(15)14-9-17-8-11(14)12(16)13-6-4-2-3-5-7-13/h11H,2-9H2,1H3. The summed E-state index contributed by atoms with van der Waals surface area (Å²) in [7, 11) is 0. The highest BCUT2D eigenvalue weighted by molar-refractivity contribution is 7.99. The topological polar surface area (TPSA) is 40.6 Å². The predicted molar refractivity (Wildman–Crippen MR) is 68.7 cm³/mol. The van der Waals surface area contributed by atoms with Gasteiger partial charge in [-0.05, 0) is 12.8 Å². The van der Waals surface area contributed by atoms with E-state index in [-0.39, 0.29) is 17.9 Å². The van der Waals surface area contributed by atoms with Crippen molar-refractivity contribution in [1.82, 2.24) is 9.80 Å². The van der Waals surface area contributed by atoms with Crippen LogP contribution >= 0.6 is 11.8 Å². The summed E-state index contributed by atoms with van der Waals surface area (Å²) in [6.07, 6.45) is 4.65. The number of carbonyl (C=O) groups is 2. The maximum Gasteiger partial charge on any atom is 0.246 e. The molecular weight excluding hydrogens is 236 g/mol. The zero-order valence-electron chi connectivity index (χ0n) is 10.4. The molecule has 2 heterocycles. The van der Waals surface area contributed by atoms with Crippen LogP contribution in [0.3, 0.4) is 0 Å². The van der Waals surface area contributed by atoms with E-state index in [1.165, 1.54) is 12.8 Å². The lowest BCUT2D eigenvalue weighted by Gasteiger charge is -2.28. The number of hydrogen-bond acceptors (Lipinski definition) is 3. The molecule has 2 fully saturated rings. The van der Waals surface area contributed by atoms with Gasteiger partial charge >= 0.3 is 0 Å². The van der Waals surface area contributed by atoms with Crippen LogP contribution in [0.1, 0.15) is 32.6 Å². The van der Waals surface area contributed by atoms with Crippen molar-refractivity contribution in [3.63, 3.8) is 0 Å². The first-order valence-corrected chi connectivity index (χ1v) is 7.49. The minimum atomic E-state index is -0.212. The third-order valence-corrected chi connectivity index (χ3v) is 4.50. The van der Waals surface area contributed by atoms with E-state index in [1.54, 1.807) is 23.6 Å². The Morgan fingerprint density at radius 3 is 2.35 bits per heavy atom. The summed E-state index contributed by atoms with van der Waals surface area (Å²) in [5.41, 5.74) is 0. The smallest absolute Gasteiger partial charge is 0.246 e. The fourth-order valence-corrected chi connectivity index (χ4v) is 3.67. The third-order valence-electron chi connectivity index (χ3n) is 3.49. The first-order chi connectivity index (χ1) is 8.20. The highest BCUT2D eigenvalue weighted by Gasteiger charge is 2.35. The van der Waals surface area contributed by atoms with E-state index < -0.39 is 0 Å². The molecule has 4 nitrogen and oxygen atoms in total. The van der Waals surface area contributed by atoms with Crippen LogP contribution in [0, 0.1) is 0 Å². The number of hydrogen-bond donors (Lipinski definition) is 0. The summed E-state index contributed by atoms with van der Waals surface area (Å²) in [5.74, 6) is 1.60. The van der Waals surface area contributed by atoms with Gasteiger partial charge in [0.05, 0.1) is 5.88 Å². The molecule has 0 saturated carbocycles. The van der Waals surface area contributed by atoms with Crippen molar-refractivity contribution in [2.75, 3.05) is 24.7 Å². The Morgan fingerprint density at radius 2 is 1.76 bits per heavy atom. The van der Waals surface area contributed by atoms with Crippen molar-refractivity contribution in [3.05, 3.63) is 0 Å². The molecule has 5 heteroatoms. The molecule has 0 radical (unpaired) electrons. The highest BCUT2D eigenvalue weighted by Crippen LogP contribution is 2.23. The molecule has 0 aromatic heterocycles. The lowest BCUT2D eigenvalue weighted by molar-refractivity contribution is -0.142. The minimum absolute atomic E-state index is 0.0168. The highest BCUT2D eigenvalue weighted by atomic mass is 32.2. The van der Waals surface area contributed by atoms with Crippen LogP contribution < -0.4 is 0 Å². The van der Waals surface area contributed by atoms with Gasteiger partial charge in [-0.2, -0.15) is 0 Å². The van der Waals surface area contributed by atoms with Gasteiger partial charge in [-0.25, -0.2) is 0 Å². The Balaban J connectivity index is 2.00. The molecule has 1 unspecified atom stereocenters. The van der Waals surface area contributed by atoms with E-state index in [0.29, 0.717) is 5.88 Å². The number of amides is 2. The van der Waals surface area contributed by atoms with Crippen LogP contribution in [-0.2, 0) is 9.59 Å². The predicted octanol–water partition coefficient (Wildman–Crippen LogP) is 1.31. The molecule has 0 aromatic carbocycles. The van der Waals surface area contributed by atoms with Crippen molar-refractivity contribution in [2.45, 2.75) is 38.6 Å². The average Bonchev–Trinajstić information content (AvgIpc) is 2.64. The van der Waals surface area contributed by atoms with Crippen LogP contribution in [-0.4, -0.2) is 52.4 Å². The number of nitrogens with zero attached hydrogens (tertiary/aromatic N) is 2. The number of thioether (sulfide) groups is 1. The van der Waals surface area contributed by atoms with Crippen LogP contribution in [0.15, 0.2) is 0 Å². The van der Waals surface area contributed by atoms with E-state index in [1.807, 2.05) is 4.90 Å². The van der Waals surface area contributed by atoms with Crippen LogP contribution in [0.4, 0.5) is 0 Å². The van der Waals surface area contributed by atoms with Gasteiger partial charge in [0.15, 0.2) is 0 Å². The first kappa shape index (κ1) is 12.7. The second-order valence-corrected chi connectivity index (χ2v) is 5.74. The van der Waals surface area contributed by atoms with Crippen LogP contribution in [0.5, 0.6) is 0 Å². The normalized spacial score (nSPS) is 25.8. The van der Waals surface area contributed by atoms with Gasteiger partial charge in [0.1, 0.15) is 6.04 Å². The van der Waals surface area contributed by atoms with Gasteiger partial charge in [0.25, 0.3) is 0 Å². The Kier molecular flexibility index (Phi) is 4.31. The molecule has 0 N–H and O–H groups in total. The second-order valence-electron chi connectivity index (χ2n) is 4.74. The molecular formula is C12H20N2O2S. The van der Waals surface area contributed by atoms with Crippen molar-refractivity contribution in [1.29, 1.82) is 0 Å². The molecule has 1 atom stereocenters. The average molecular weight is 256 g/mol. The molecule has 2 aliphatic rings. The van der Waals surface area contributed by atoms with E-state index in [2.05, 4.69) is 0 Å². The molecule has 17 heavy (non-hydrogen) atoms. The molecule has 2 aliphatic heterocycles. The summed E-state index contributed by atoms with van der Waals surface area (Å²) in [6, 6.07) is -0.212. The quantitative estimate of drug-likeness (QED) is 0.710. The first-order valence-electron chi connectivity index (χ1n) is 6.34. The zero-order valence-corrected chi connectivity index (χ0v) is 11.2. The summed E-state index contributed by atoms with van der Waals surface area (Å²) in [5, 5.41) is 0. The van der Waals surface area contributed by atoms with Crippen molar-refractivity contribution in [3.8, 4) is 0 Å². The number of rotatable bonds is 1. The lowest BCUT2D eigenvalue weighted by Crippen LogP contribution is -2.48. The Hall–Kier alpha value is -0.710. The van der Waals surface area contributed by atoms with Gasteiger partial charge in [-0.1, -0.05) is 12.8 Å². The Labute approximate surface area is 107 Å². The molecule has 2 saturated heterocycles. The fourth-order valence-electron chi connectivity index (χ4n) is 2.46. The lowest BCUT2D eigenvalue weighted by atomic mass is 10.2. The molecule has 0 aliphatic carbocycles. The summed E-state index contributed by atoms with van der Waals surface area (Å²) in [4.78, 5) is 27.5. The molecule has 96 valence electrons. The molecule has 2 rings (SSSR count). The third kappa shape index (κ3) is 2.94. The molecule has 0 aromatic rings. The second kappa shape index (κ2) is 5.76.